The van der Waals surface area contributed by atoms with Crippen molar-refractivity contribution in [3.05, 3.63) is 53.0 Å². The fraction of sp³-hybridized carbons (Fsp3) is 0.286. The van der Waals surface area contributed by atoms with Crippen molar-refractivity contribution in [2.45, 2.75) is 27.3 Å². The molecule has 0 unspecified atom stereocenters. The van der Waals surface area contributed by atoms with Gasteiger partial charge < -0.3 is 9.73 Å². The molecule has 0 aliphatic carbocycles. The minimum Gasteiger partial charge on any atom is -0.467 e. The minimum absolute atomic E-state index is 0.739. The van der Waals surface area contributed by atoms with Crippen molar-refractivity contribution < 1.29 is 4.42 Å². The number of benzene rings is 1. The third-order valence-electron chi connectivity index (χ3n) is 2.79. The van der Waals surface area contributed by atoms with Crippen molar-refractivity contribution in [1.82, 2.24) is 0 Å². The van der Waals surface area contributed by atoms with E-state index in [0.717, 1.165) is 12.3 Å². The summed E-state index contributed by atoms with van der Waals surface area (Å²) in [6, 6.07) is 8.39. The Morgan fingerprint density at radius 2 is 1.88 bits per heavy atom. The Morgan fingerprint density at radius 1 is 1.06 bits per heavy atom. The van der Waals surface area contributed by atoms with Crippen LogP contribution in [0.15, 0.2) is 34.9 Å². The summed E-state index contributed by atoms with van der Waals surface area (Å²) in [4.78, 5) is 0. The summed E-state index contributed by atoms with van der Waals surface area (Å²) in [5, 5.41) is 3.39. The second-order valence-corrected chi connectivity index (χ2v) is 4.20. The van der Waals surface area contributed by atoms with E-state index in [-0.39, 0.29) is 0 Å². The van der Waals surface area contributed by atoms with Gasteiger partial charge in [-0.25, -0.2) is 0 Å². The van der Waals surface area contributed by atoms with E-state index in [1.807, 2.05) is 6.07 Å². The van der Waals surface area contributed by atoms with Gasteiger partial charge in [-0.15, -0.1) is 0 Å². The van der Waals surface area contributed by atoms with Gasteiger partial charge in [-0.2, -0.15) is 0 Å². The zero-order valence-corrected chi connectivity index (χ0v) is 10.0. The summed E-state index contributed by atoms with van der Waals surface area (Å²) in [7, 11) is 0. The van der Waals surface area contributed by atoms with E-state index in [1.165, 1.54) is 22.4 Å². The monoisotopic (exact) mass is 215 g/mol. The van der Waals surface area contributed by atoms with Crippen molar-refractivity contribution in [3.8, 4) is 0 Å². The Balaban J connectivity index is 2.08. The second kappa shape index (κ2) is 4.44. The Labute approximate surface area is 96.3 Å². The van der Waals surface area contributed by atoms with E-state index >= 15 is 0 Å². The van der Waals surface area contributed by atoms with Crippen molar-refractivity contribution in [1.29, 1.82) is 0 Å². The van der Waals surface area contributed by atoms with Gasteiger partial charge in [0.2, 0.25) is 0 Å². The third-order valence-corrected chi connectivity index (χ3v) is 2.79. The number of hydrogen-bond acceptors (Lipinski definition) is 2. The van der Waals surface area contributed by atoms with E-state index in [0.29, 0.717) is 0 Å². The van der Waals surface area contributed by atoms with Gasteiger partial charge in [0.1, 0.15) is 5.76 Å². The van der Waals surface area contributed by atoms with Crippen molar-refractivity contribution in [3.63, 3.8) is 0 Å². The molecule has 0 fully saturated rings. The van der Waals surface area contributed by atoms with Gasteiger partial charge in [0.05, 0.1) is 12.8 Å². The first kappa shape index (κ1) is 10.8. The van der Waals surface area contributed by atoms with E-state index < -0.39 is 0 Å². The Hall–Kier alpha value is -1.70. The summed E-state index contributed by atoms with van der Waals surface area (Å²) in [6.07, 6.45) is 1.73. The molecule has 1 heterocycles. The van der Waals surface area contributed by atoms with Crippen LogP contribution in [0.3, 0.4) is 0 Å². The molecular weight excluding hydrogens is 198 g/mol. The highest BCUT2D eigenvalue weighted by atomic mass is 16.3. The molecule has 16 heavy (non-hydrogen) atoms. The third kappa shape index (κ3) is 2.27. The summed E-state index contributed by atoms with van der Waals surface area (Å²) >= 11 is 0. The van der Waals surface area contributed by atoms with Crippen LogP contribution in [0.1, 0.15) is 22.5 Å². The minimum atomic E-state index is 0.739. The first-order chi connectivity index (χ1) is 7.66. The van der Waals surface area contributed by atoms with Crippen LogP contribution in [-0.2, 0) is 6.54 Å². The smallest absolute Gasteiger partial charge is 0.125 e. The van der Waals surface area contributed by atoms with Crippen molar-refractivity contribution >= 4 is 5.69 Å². The topological polar surface area (TPSA) is 25.2 Å². The average molecular weight is 215 g/mol. The SMILES string of the molecule is Cc1ccc(NCc2occc2C)c(C)c1. The number of aryl methyl sites for hydroxylation is 3. The molecular formula is C14H17NO. The molecule has 2 aromatic rings. The van der Waals surface area contributed by atoms with Gasteiger partial charge in [0.15, 0.2) is 0 Å². The fourth-order valence-corrected chi connectivity index (χ4v) is 1.77. The maximum Gasteiger partial charge on any atom is 0.125 e. The molecule has 2 nitrogen and oxygen atoms in total. The molecule has 1 N–H and O–H groups in total. The molecule has 0 bridgehead atoms. The standard InChI is InChI=1S/C14H17NO/c1-10-4-5-13(12(3)8-10)15-9-14-11(2)6-7-16-14/h4-8,15H,9H2,1-3H3. The van der Waals surface area contributed by atoms with Crippen LogP contribution < -0.4 is 5.32 Å². The van der Waals surface area contributed by atoms with Crippen LogP contribution in [0.4, 0.5) is 5.69 Å². The first-order valence-electron chi connectivity index (χ1n) is 5.51. The van der Waals surface area contributed by atoms with E-state index in [9.17, 15) is 0 Å². The highest BCUT2D eigenvalue weighted by Gasteiger charge is 2.02. The van der Waals surface area contributed by atoms with Gasteiger partial charge in [0.25, 0.3) is 0 Å². The fourth-order valence-electron chi connectivity index (χ4n) is 1.77. The van der Waals surface area contributed by atoms with Crippen LogP contribution in [0.5, 0.6) is 0 Å². The molecule has 2 rings (SSSR count). The van der Waals surface area contributed by atoms with E-state index in [2.05, 4.69) is 44.3 Å². The summed E-state index contributed by atoms with van der Waals surface area (Å²) in [5.74, 6) is 1.000. The largest absolute Gasteiger partial charge is 0.467 e. The highest BCUT2D eigenvalue weighted by molar-refractivity contribution is 5.52. The van der Waals surface area contributed by atoms with Crippen molar-refractivity contribution in [2.24, 2.45) is 0 Å². The van der Waals surface area contributed by atoms with Gasteiger partial charge >= 0.3 is 0 Å². The number of nitrogens with one attached hydrogen (secondary N) is 1. The summed E-state index contributed by atoms with van der Waals surface area (Å²) in [6.45, 7) is 7.02. The molecule has 0 aliphatic heterocycles. The molecule has 0 spiro atoms. The molecule has 1 aromatic heterocycles. The molecule has 2 heteroatoms. The molecule has 0 radical (unpaired) electrons. The van der Waals surface area contributed by atoms with Crippen LogP contribution in [-0.4, -0.2) is 0 Å². The van der Waals surface area contributed by atoms with Gasteiger partial charge in [-0.1, -0.05) is 17.7 Å². The first-order valence-corrected chi connectivity index (χ1v) is 5.51. The Bertz CT molecular complexity index is 485. The molecule has 0 amide bonds. The van der Waals surface area contributed by atoms with Crippen LogP contribution in [0.25, 0.3) is 0 Å². The second-order valence-electron chi connectivity index (χ2n) is 4.20. The number of rotatable bonds is 3. The van der Waals surface area contributed by atoms with Gasteiger partial charge in [0, 0.05) is 5.69 Å². The molecule has 0 atom stereocenters. The van der Waals surface area contributed by atoms with Crippen molar-refractivity contribution in [2.75, 3.05) is 5.32 Å². The van der Waals surface area contributed by atoms with Crippen LogP contribution >= 0.6 is 0 Å². The Morgan fingerprint density at radius 3 is 2.50 bits per heavy atom. The lowest BCUT2D eigenvalue weighted by Gasteiger charge is -2.09. The molecule has 0 aliphatic rings. The molecule has 1 aromatic carbocycles. The van der Waals surface area contributed by atoms with E-state index in [4.69, 9.17) is 4.42 Å². The molecule has 0 saturated carbocycles. The number of furan rings is 1. The quantitative estimate of drug-likeness (QED) is 0.842. The predicted molar refractivity (Wildman–Crippen MR) is 66.7 cm³/mol. The van der Waals surface area contributed by atoms with Crippen LogP contribution in [0, 0.1) is 20.8 Å². The Kier molecular flexibility index (Phi) is 3.00. The summed E-state index contributed by atoms with van der Waals surface area (Å²) < 4.78 is 5.39. The zero-order valence-electron chi connectivity index (χ0n) is 10.0. The molecule has 84 valence electrons. The lowest BCUT2D eigenvalue weighted by atomic mass is 10.1. The lowest BCUT2D eigenvalue weighted by Crippen LogP contribution is -2.01. The zero-order chi connectivity index (χ0) is 11.5. The number of hydrogen-bond donors (Lipinski definition) is 1. The van der Waals surface area contributed by atoms with Crippen LogP contribution in [0.2, 0.25) is 0 Å². The van der Waals surface area contributed by atoms with Gasteiger partial charge in [-0.05, 0) is 44.0 Å². The lowest BCUT2D eigenvalue weighted by molar-refractivity contribution is 0.515. The van der Waals surface area contributed by atoms with E-state index in [1.54, 1.807) is 6.26 Å². The predicted octanol–water partition coefficient (Wildman–Crippen LogP) is 3.82. The number of anilines is 1. The normalized spacial score (nSPS) is 10.4. The summed E-state index contributed by atoms with van der Waals surface area (Å²) in [5.41, 5.74) is 4.92. The maximum absolute atomic E-state index is 5.39. The highest BCUT2D eigenvalue weighted by Crippen LogP contribution is 2.18. The maximum atomic E-state index is 5.39. The van der Waals surface area contributed by atoms with Gasteiger partial charge in [-0.3, -0.25) is 0 Å². The molecule has 0 saturated heterocycles. The average Bonchev–Trinajstić information content (AvgIpc) is 2.63.